The second-order valence-electron chi connectivity index (χ2n) is 5.58. The van der Waals surface area contributed by atoms with Crippen molar-refractivity contribution < 1.29 is 18.8 Å². The Bertz CT molecular complexity index is 531. The molecule has 7 heteroatoms. The van der Waals surface area contributed by atoms with Crippen LogP contribution < -0.4 is 5.32 Å². The normalized spacial score (nSPS) is 17.5. The van der Waals surface area contributed by atoms with Crippen LogP contribution >= 0.6 is 0 Å². The summed E-state index contributed by atoms with van der Waals surface area (Å²) >= 11 is 0. The molecule has 2 N–H and O–H groups in total. The Labute approximate surface area is 121 Å². The van der Waals surface area contributed by atoms with E-state index in [1.807, 2.05) is 0 Å². The van der Waals surface area contributed by atoms with Gasteiger partial charge in [0.25, 0.3) is 5.69 Å². The van der Waals surface area contributed by atoms with Crippen LogP contribution in [0.5, 0.6) is 0 Å². The Kier molecular flexibility index (Phi) is 4.72. The van der Waals surface area contributed by atoms with Crippen molar-refractivity contribution >= 4 is 11.4 Å². The Balaban J connectivity index is 2.22. The minimum absolute atomic E-state index is 0.0786. The summed E-state index contributed by atoms with van der Waals surface area (Å²) in [5.74, 6) is -2.39. The van der Waals surface area contributed by atoms with E-state index < -0.39 is 33.3 Å². The zero-order valence-corrected chi connectivity index (χ0v) is 11.6. The molecule has 1 saturated carbocycles. The number of aliphatic hydroxyl groups is 1. The van der Waals surface area contributed by atoms with Gasteiger partial charge in [0, 0.05) is 18.0 Å². The van der Waals surface area contributed by atoms with Crippen molar-refractivity contribution in [3.05, 3.63) is 33.9 Å². The average Bonchev–Trinajstić information content (AvgIpc) is 2.49. The maximum Gasteiger partial charge on any atom is 0.295 e. The molecule has 116 valence electrons. The zero-order valence-electron chi connectivity index (χ0n) is 11.6. The van der Waals surface area contributed by atoms with Gasteiger partial charge in [-0.1, -0.05) is 19.3 Å². The monoisotopic (exact) mass is 300 g/mol. The third-order valence-corrected chi connectivity index (χ3v) is 4.16. The molecule has 0 heterocycles. The van der Waals surface area contributed by atoms with Crippen molar-refractivity contribution in [2.45, 2.75) is 32.1 Å². The number of anilines is 1. The predicted molar refractivity (Wildman–Crippen MR) is 74.1 cm³/mol. The van der Waals surface area contributed by atoms with E-state index >= 15 is 0 Å². The maximum atomic E-state index is 13.8. The Hall–Kier alpha value is -1.76. The lowest BCUT2D eigenvalue weighted by Gasteiger charge is -2.35. The first-order valence-corrected chi connectivity index (χ1v) is 6.96. The molecule has 1 fully saturated rings. The summed E-state index contributed by atoms with van der Waals surface area (Å²) in [6.45, 7) is 0.107. The average molecular weight is 300 g/mol. The minimum Gasteiger partial charge on any atom is -0.396 e. The molecule has 1 aromatic carbocycles. The van der Waals surface area contributed by atoms with E-state index in [1.54, 1.807) is 0 Å². The van der Waals surface area contributed by atoms with Crippen molar-refractivity contribution in [2.24, 2.45) is 5.41 Å². The van der Waals surface area contributed by atoms with Gasteiger partial charge in [0.2, 0.25) is 0 Å². The minimum atomic E-state index is -1.26. The number of nitro groups is 1. The summed E-state index contributed by atoms with van der Waals surface area (Å²) in [4.78, 5) is 10.2. The second kappa shape index (κ2) is 6.34. The van der Waals surface area contributed by atoms with Crippen molar-refractivity contribution in [2.75, 3.05) is 18.5 Å². The van der Waals surface area contributed by atoms with Crippen LogP contribution in [0.25, 0.3) is 0 Å². The highest BCUT2D eigenvalue weighted by Gasteiger charge is 2.32. The molecule has 2 rings (SSSR count). The standard InChI is InChI=1S/C14H18F2N2O3/c15-10-4-5-11(18(20)21)13(12(10)16)17-8-14(9-19)6-2-1-3-7-14/h4-5,17,19H,1-3,6-9H2. The van der Waals surface area contributed by atoms with E-state index in [1.165, 1.54) is 0 Å². The summed E-state index contributed by atoms with van der Waals surface area (Å²) in [7, 11) is 0. The molecule has 0 saturated heterocycles. The summed E-state index contributed by atoms with van der Waals surface area (Å²) in [5.41, 5.74) is -1.37. The highest BCUT2D eigenvalue weighted by molar-refractivity contribution is 5.62. The Morgan fingerprint density at radius 3 is 2.52 bits per heavy atom. The Morgan fingerprint density at radius 1 is 1.29 bits per heavy atom. The lowest BCUT2D eigenvalue weighted by molar-refractivity contribution is -0.384. The van der Waals surface area contributed by atoms with E-state index in [4.69, 9.17) is 0 Å². The molecular weight excluding hydrogens is 282 g/mol. The summed E-state index contributed by atoms with van der Waals surface area (Å²) in [5, 5.41) is 23.1. The quantitative estimate of drug-likeness (QED) is 0.646. The van der Waals surface area contributed by atoms with Crippen LogP contribution in [0, 0.1) is 27.2 Å². The molecule has 0 spiro atoms. The number of nitro benzene ring substituents is 1. The van der Waals surface area contributed by atoms with Crippen molar-refractivity contribution in [3.63, 3.8) is 0 Å². The molecule has 0 aromatic heterocycles. The van der Waals surface area contributed by atoms with Gasteiger partial charge < -0.3 is 10.4 Å². The van der Waals surface area contributed by atoms with Gasteiger partial charge in [0.1, 0.15) is 0 Å². The van der Waals surface area contributed by atoms with Crippen molar-refractivity contribution in [3.8, 4) is 0 Å². The van der Waals surface area contributed by atoms with Gasteiger partial charge in [-0.3, -0.25) is 10.1 Å². The van der Waals surface area contributed by atoms with E-state index in [0.29, 0.717) is 0 Å². The molecule has 0 aliphatic heterocycles. The van der Waals surface area contributed by atoms with Crippen molar-refractivity contribution in [1.82, 2.24) is 0 Å². The number of benzene rings is 1. The molecule has 1 aliphatic carbocycles. The molecule has 0 unspecified atom stereocenters. The fourth-order valence-corrected chi connectivity index (χ4v) is 2.83. The fraction of sp³-hybridized carbons (Fsp3) is 0.571. The number of hydrogen-bond acceptors (Lipinski definition) is 4. The number of aliphatic hydroxyl groups excluding tert-OH is 1. The van der Waals surface area contributed by atoms with E-state index in [-0.39, 0.29) is 13.2 Å². The number of hydrogen-bond donors (Lipinski definition) is 2. The highest BCUT2D eigenvalue weighted by atomic mass is 19.2. The molecule has 1 aliphatic rings. The molecular formula is C14H18F2N2O3. The first kappa shape index (κ1) is 15.6. The lowest BCUT2D eigenvalue weighted by Crippen LogP contribution is -2.35. The molecule has 0 amide bonds. The molecule has 0 radical (unpaired) electrons. The number of nitrogens with one attached hydrogen (secondary N) is 1. The van der Waals surface area contributed by atoms with Crippen LogP contribution in [0.2, 0.25) is 0 Å². The van der Waals surface area contributed by atoms with Gasteiger partial charge in [0.05, 0.1) is 11.5 Å². The first-order chi connectivity index (χ1) is 9.99. The molecule has 1 aromatic rings. The van der Waals surface area contributed by atoms with Crippen molar-refractivity contribution in [1.29, 1.82) is 0 Å². The van der Waals surface area contributed by atoms with Crippen LogP contribution in [0.4, 0.5) is 20.2 Å². The Morgan fingerprint density at radius 2 is 1.95 bits per heavy atom. The number of halogens is 2. The summed E-state index contributed by atoms with van der Waals surface area (Å²) in [6.07, 6.45) is 4.52. The van der Waals surface area contributed by atoms with Gasteiger partial charge in [-0.25, -0.2) is 8.78 Å². The first-order valence-electron chi connectivity index (χ1n) is 6.96. The summed E-state index contributed by atoms with van der Waals surface area (Å²) < 4.78 is 27.1. The molecule has 0 bridgehead atoms. The predicted octanol–water partition coefficient (Wildman–Crippen LogP) is 3.23. The topological polar surface area (TPSA) is 75.4 Å². The van der Waals surface area contributed by atoms with Gasteiger partial charge in [-0.15, -0.1) is 0 Å². The van der Waals surface area contributed by atoms with Gasteiger partial charge in [-0.05, 0) is 18.9 Å². The lowest BCUT2D eigenvalue weighted by atomic mass is 9.74. The smallest absolute Gasteiger partial charge is 0.295 e. The number of rotatable bonds is 5. The third kappa shape index (κ3) is 3.29. The second-order valence-corrected chi connectivity index (χ2v) is 5.58. The van der Waals surface area contributed by atoms with Gasteiger partial charge in [0.15, 0.2) is 17.3 Å². The van der Waals surface area contributed by atoms with Crippen LogP contribution in [0.15, 0.2) is 12.1 Å². The largest absolute Gasteiger partial charge is 0.396 e. The summed E-state index contributed by atoms with van der Waals surface area (Å²) in [6, 6.07) is 1.67. The number of nitrogens with zero attached hydrogens (tertiary/aromatic N) is 1. The highest BCUT2D eigenvalue weighted by Crippen LogP contribution is 2.37. The van der Waals surface area contributed by atoms with E-state index in [0.717, 1.165) is 44.2 Å². The van der Waals surface area contributed by atoms with E-state index in [9.17, 15) is 24.0 Å². The third-order valence-electron chi connectivity index (χ3n) is 4.16. The fourth-order valence-electron chi connectivity index (χ4n) is 2.83. The molecule has 0 atom stereocenters. The molecule has 21 heavy (non-hydrogen) atoms. The van der Waals surface area contributed by atoms with Crippen LogP contribution in [-0.2, 0) is 0 Å². The zero-order chi connectivity index (χ0) is 15.5. The van der Waals surface area contributed by atoms with Crippen LogP contribution in [0.1, 0.15) is 32.1 Å². The SMILES string of the molecule is O=[N+]([O-])c1ccc(F)c(F)c1NCC1(CO)CCCCC1. The van der Waals surface area contributed by atoms with Gasteiger partial charge in [-0.2, -0.15) is 0 Å². The van der Waals surface area contributed by atoms with Gasteiger partial charge >= 0.3 is 0 Å². The maximum absolute atomic E-state index is 13.8. The van der Waals surface area contributed by atoms with E-state index in [2.05, 4.69) is 5.32 Å². The van der Waals surface area contributed by atoms with Crippen LogP contribution in [-0.4, -0.2) is 23.2 Å². The van der Waals surface area contributed by atoms with Crippen LogP contribution in [0.3, 0.4) is 0 Å². The molecule has 5 nitrogen and oxygen atoms in total.